The van der Waals surface area contributed by atoms with Crippen molar-refractivity contribution >= 4 is 16.9 Å². The summed E-state index contributed by atoms with van der Waals surface area (Å²) in [6.07, 6.45) is 0. The first-order valence-corrected chi connectivity index (χ1v) is 3.30. The number of fused-ring (bicyclic) bond motifs is 3. The molecule has 0 saturated carbocycles. The molecule has 0 radical (unpaired) electrons. The molecule has 0 saturated heterocycles. The molecular formula is C6HNO6. The third-order valence-corrected chi connectivity index (χ3v) is 1.83. The van der Waals surface area contributed by atoms with Gasteiger partial charge in [0.05, 0.1) is 4.92 Å². The minimum atomic E-state index is -0.751. The molecule has 1 aliphatic rings. The van der Waals surface area contributed by atoms with Crippen LogP contribution < -0.4 is 4.74 Å². The molecule has 0 fully saturated rings. The van der Waals surface area contributed by atoms with E-state index in [2.05, 4.69) is 9.15 Å². The molecule has 66 valence electrons. The lowest BCUT2D eigenvalue weighted by Crippen LogP contribution is -1.89. The zero-order chi connectivity index (χ0) is 9.16. The first-order valence-electron chi connectivity index (χ1n) is 3.30. The monoisotopic (exact) mass is 183 g/mol. The van der Waals surface area contributed by atoms with Crippen LogP contribution in [0.15, 0.2) is 9.15 Å². The fraction of sp³-hybridized carbons (Fsp3) is 0. The van der Waals surface area contributed by atoms with E-state index < -0.39 is 16.4 Å². The van der Waals surface area contributed by atoms with E-state index in [-0.39, 0.29) is 16.9 Å². The fourth-order valence-electron chi connectivity index (χ4n) is 1.18. The van der Waals surface area contributed by atoms with Gasteiger partial charge in [0.1, 0.15) is 0 Å². The fourth-order valence-corrected chi connectivity index (χ4v) is 1.18. The zero-order valence-corrected chi connectivity index (χ0v) is 5.94. The molecule has 1 aliphatic heterocycles. The zero-order valence-electron chi connectivity index (χ0n) is 5.94. The number of hydrogen-bond acceptors (Lipinski definition) is 6. The number of nitrogens with zero attached hydrogens (tertiary/aromatic N) is 1. The molecule has 2 heterocycles. The highest BCUT2D eigenvalue weighted by Crippen LogP contribution is 2.61. The van der Waals surface area contributed by atoms with Crippen molar-refractivity contribution < 1.29 is 23.9 Å². The van der Waals surface area contributed by atoms with Crippen molar-refractivity contribution in [2.45, 2.75) is 0 Å². The maximum absolute atomic E-state index is 10.5. The second-order valence-corrected chi connectivity index (χ2v) is 2.54. The van der Waals surface area contributed by atoms with Gasteiger partial charge in [-0.1, -0.05) is 0 Å². The largest absolute Gasteiger partial charge is 0.499 e. The Kier molecular flexibility index (Phi) is 0.784. The van der Waals surface area contributed by atoms with Gasteiger partial charge in [0.2, 0.25) is 17.2 Å². The van der Waals surface area contributed by atoms with Crippen LogP contribution >= 0.6 is 0 Å². The van der Waals surface area contributed by atoms with Crippen molar-refractivity contribution in [3.8, 4) is 17.2 Å². The van der Waals surface area contributed by atoms with E-state index in [4.69, 9.17) is 4.74 Å². The minimum Gasteiger partial charge on any atom is -0.499 e. The summed E-state index contributed by atoms with van der Waals surface area (Å²) in [6.45, 7) is 0. The molecule has 0 bridgehead atoms. The van der Waals surface area contributed by atoms with Crippen LogP contribution in [0.3, 0.4) is 0 Å². The highest BCUT2D eigenvalue weighted by molar-refractivity contribution is 5.98. The highest BCUT2D eigenvalue weighted by Gasteiger charge is 2.43. The van der Waals surface area contributed by atoms with E-state index >= 15 is 0 Å². The Morgan fingerprint density at radius 2 is 1.92 bits per heavy atom. The van der Waals surface area contributed by atoms with Crippen LogP contribution in [0.4, 0.5) is 5.69 Å². The predicted molar refractivity (Wildman–Crippen MR) is 36.9 cm³/mol. The van der Waals surface area contributed by atoms with Gasteiger partial charge in [-0.3, -0.25) is 19.3 Å². The molecule has 1 N–H and O–H groups in total. The van der Waals surface area contributed by atoms with Gasteiger partial charge >= 0.3 is 11.3 Å². The Labute approximate surface area is 69.2 Å². The lowest BCUT2D eigenvalue weighted by molar-refractivity contribution is -0.385. The van der Waals surface area contributed by atoms with Gasteiger partial charge in [0, 0.05) is 0 Å². The molecule has 1 aromatic carbocycles. The summed E-state index contributed by atoms with van der Waals surface area (Å²) in [7, 11) is 0. The van der Waals surface area contributed by atoms with Crippen molar-refractivity contribution in [1.29, 1.82) is 0 Å². The third kappa shape index (κ3) is 0.558. The van der Waals surface area contributed by atoms with Gasteiger partial charge in [0.15, 0.2) is 0 Å². The van der Waals surface area contributed by atoms with Gasteiger partial charge < -0.3 is 9.84 Å². The maximum atomic E-state index is 10.5. The molecule has 0 aliphatic carbocycles. The van der Waals surface area contributed by atoms with E-state index in [0.717, 1.165) is 0 Å². The quantitative estimate of drug-likeness (QED) is 0.267. The van der Waals surface area contributed by atoms with Crippen molar-refractivity contribution in [2.24, 2.45) is 0 Å². The Balaban J connectivity index is 2.46. The SMILES string of the molecule is O=[N+]([O-])c1c(O)c2c(c3ooc13)O2. The third-order valence-electron chi connectivity index (χ3n) is 1.83. The van der Waals surface area contributed by atoms with Gasteiger partial charge in [-0.25, -0.2) is 0 Å². The number of aromatic hydroxyl groups is 1. The van der Waals surface area contributed by atoms with Crippen LogP contribution in [0.1, 0.15) is 0 Å². The first-order chi connectivity index (χ1) is 6.20. The van der Waals surface area contributed by atoms with E-state index in [1.165, 1.54) is 0 Å². The number of nitro benzene ring substituents is 1. The summed E-state index contributed by atoms with van der Waals surface area (Å²) in [4.78, 5) is 9.71. The van der Waals surface area contributed by atoms with Crippen molar-refractivity contribution in [1.82, 2.24) is 0 Å². The normalized spacial score (nSPS) is 12.6. The topological polar surface area (TPSA) is 102 Å². The number of phenols is 1. The Morgan fingerprint density at radius 3 is 2.46 bits per heavy atom. The molecule has 0 unspecified atom stereocenters. The number of benzene rings is 1. The number of rotatable bonds is 1. The smallest absolute Gasteiger partial charge is 0.365 e. The minimum absolute atomic E-state index is 0.0845. The highest BCUT2D eigenvalue weighted by atomic mass is 17.0. The Morgan fingerprint density at radius 1 is 1.23 bits per heavy atom. The van der Waals surface area contributed by atoms with Gasteiger partial charge in [-0.05, 0) is 0 Å². The van der Waals surface area contributed by atoms with E-state index in [9.17, 15) is 15.2 Å². The number of nitro groups is 1. The summed E-state index contributed by atoms with van der Waals surface area (Å²) in [5.41, 5.74) is -0.421. The lowest BCUT2D eigenvalue weighted by atomic mass is 10.2. The van der Waals surface area contributed by atoms with Gasteiger partial charge in [-0.2, -0.15) is 0 Å². The Bertz CT molecular complexity index is 535. The molecule has 0 spiro atoms. The molecule has 0 amide bonds. The van der Waals surface area contributed by atoms with Crippen LogP contribution in [0.25, 0.3) is 11.2 Å². The number of ether oxygens (including phenoxy) is 1. The second-order valence-electron chi connectivity index (χ2n) is 2.54. The molecule has 3 rings (SSSR count). The van der Waals surface area contributed by atoms with Crippen molar-refractivity contribution in [3.63, 3.8) is 0 Å². The van der Waals surface area contributed by atoms with E-state index in [1.807, 2.05) is 0 Å². The number of phenolic OH excluding ortho intramolecular Hbond substituents is 1. The molecule has 2 aromatic rings. The second kappa shape index (κ2) is 1.60. The average molecular weight is 183 g/mol. The summed E-state index contributed by atoms with van der Waals surface area (Å²) in [5.74, 6) is -0.111. The van der Waals surface area contributed by atoms with Crippen LogP contribution in [-0.2, 0) is 0 Å². The standard InChI is InChI=1S/C6HNO6/c8-2-1(7(9)10)3-6(13-12-3)5-4(2)11-5/h8H. The van der Waals surface area contributed by atoms with Gasteiger partial charge in [0.25, 0.3) is 5.58 Å². The summed E-state index contributed by atoms with van der Waals surface area (Å²) in [6, 6.07) is 0. The van der Waals surface area contributed by atoms with E-state index in [1.54, 1.807) is 0 Å². The van der Waals surface area contributed by atoms with Crippen LogP contribution in [0.5, 0.6) is 17.2 Å². The van der Waals surface area contributed by atoms with E-state index in [0.29, 0.717) is 5.75 Å². The van der Waals surface area contributed by atoms with Crippen LogP contribution in [0, 0.1) is 10.1 Å². The number of hydrogen-bond donors (Lipinski definition) is 1. The van der Waals surface area contributed by atoms with Gasteiger partial charge in [-0.15, -0.1) is 0 Å². The summed E-state index contributed by atoms with van der Waals surface area (Å²) < 4.78 is 13.6. The maximum Gasteiger partial charge on any atom is 0.365 e. The molecular weight excluding hydrogens is 182 g/mol. The average Bonchev–Trinajstić information content (AvgIpc) is 2.73. The van der Waals surface area contributed by atoms with Crippen molar-refractivity contribution in [3.05, 3.63) is 10.1 Å². The first kappa shape index (κ1) is 6.35. The predicted octanol–water partition coefficient (Wildman–Crippen LogP) is 1.75. The molecule has 7 heteroatoms. The van der Waals surface area contributed by atoms with Crippen LogP contribution in [0.2, 0.25) is 0 Å². The molecule has 13 heavy (non-hydrogen) atoms. The Hall–Kier alpha value is -2.18. The van der Waals surface area contributed by atoms with Crippen molar-refractivity contribution in [2.75, 3.05) is 0 Å². The lowest BCUT2D eigenvalue weighted by Gasteiger charge is -1.96. The van der Waals surface area contributed by atoms with Crippen LogP contribution in [-0.4, -0.2) is 10.0 Å². The molecule has 0 atom stereocenters. The summed E-state index contributed by atoms with van der Waals surface area (Å²) in [5, 5.41) is 19.7. The molecule has 1 aromatic heterocycles. The molecule has 7 nitrogen and oxygen atoms in total. The summed E-state index contributed by atoms with van der Waals surface area (Å²) >= 11 is 0.